The normalized spacial score (nSPS) is 17.7. The first-order valence-electron chi connectivity index (χ1n) is 10.2. The number of benzene rings is 2. The number of furan rings is 1. The van der Waals surface area contributed by atoms with Crippen LogP contribution in [0.3, 0.4) is 0 Å². The van der Waals surface area contributed by atoms with Crippen LogP contribution in [-0.2, 0) is 13.1 Å². The van der Waals surface area contributed by atoms with Crippen LogP contribution in [0.5, 0.6) is 0 Å². The number of piperazine rings is 1. The molecule has 2 aromatic carbocycles. The van der Waals surface area contributed by atoms with Crippen molar-refractivity contribution in [1.82, 2.24) is 15.3 Å². The fraction of sp³-hybridized carbons (Fsp3) is 0.292. The Morgan fingerprint density at radius 2 is 1.90 bits per heavy atom. The lowest BCUT2D eigenvalue weighted by Crippen LogP contribution is -2.50. The number of carbonyl (C=O) groups excluding carboxylic acids is 1. The zero-order chi connectivity index (χ0) is 20.9. The molecule has 2 heterocycles. The van der Waals surface area contributed by atoms with Crippen LogP contribution in [0, 0.1) is 0 Å². The molecule has 0 radical (unpaired) electrons. The molecule has 6 heteroatoms. The molecule has 1 atom stereocenters. The molecular formula is C24H27N3O3. The first kappa shape index (κ1) is 20.3. The first-order chi connectivity index (χ1) is 14.6. The van der Waals surface area contributed by atoms with Crippen LogP contribution < -0.4 is 5.48 Å². The quantitative estimate of drug-likeness (QED) is 0.483. The van der Waals surface area contributed by atoms with Gasteiger partial charge in [-0.1, -0.05) is 30.3 Å². The summed E-state index contributed by atoms with van der Waals surface area (Å²) in [5, 5.41) is 8.72. The largest absolute Gasteiger partial charge is 0.464 e. The van der Waals surface area contributed by atoms with Gasteiger partial charge in [0.2, 0.25) is 0 Å². The lowest BCUT2D eigenvalue weighted by molar-refractivity contribution is 0.0705. The van der Waals surface area contributed by atoms with Gasteiger partial charge in [-0.15, -0.1) is 0 Å². The van der Waals surface area contributed by atoms with Crippen molar-refractivity contribution in [3.8, 4) is 11.3 Å². The van der Waals surface area contributed by atoms with Crippen molar-refractivity contribution in [2.45, 2.75) is 26.1 Å². The fourth-order valence-electron chi connectivity index (χ4n) is 4.03. The van der Waals surface area contributed by atoms with Gasteiger partial charge in [0.1, 0.15) is 5.76 Å². The summed E-state index contributed by atoms with van der Waals surface area (Å²) in [6.07, 6.45) is 1.71. The van der Waals surface area contributed by atoms with Crippen molar-refractivity contribution in [2.24, 2.45) is 0 Å². The van der Waals surface area contributed by atoms with Gasteiger partial charge < -0.3 is 4.42 Å². The van der Waals surface area contributed by atoms with Crippen LogP contribution in [0.1, 0.15) is 28.4 Å². The van der Waals surface area contributed by atoms with E-state index in [1.54, 1.807) is 23.9 Å². The van der Waals surface area contributed by atoms with E-state index < -0.39 is 5.91 Å². The third kappa shape index (κ3) is 4.79. The van der Waals surface area contributed by atoms with Crippen molar-refractivity contribution in [3.05, 3.63) is 83.6 Å². The highest BCUT2D eigenvalue weighted by atomic mass is 16.5. The van der Waals surface area contributed by atoms with E-state index in [4.69, 9.17) is 9.62 Å². The molecule has 0 spiro atoms. The van der Waals surface area contributed by atoms with Crippen molar-refractivity contribution < 1.29 is 14.4 Å². The molecule has 1 aliphatic rings. The zero-order valence-corrected chi connectivity index (χ0v) is 17.1. The summed E-state index contributed by atoms with van der Waals surface area (Å²) >= 11 is 0. The molecule has 1 amide bonds. The van der Waals surface area contributed by atoms with Gasteiger partial charge in [0.15, 0.2) is 0 Å². The van der Waals surface area contributed by atoms with E-state index in [9.17, 15) is 4.79 Å². The number of nitrogens with one attached hydrogen (secondary N) is 1. The lowest BCUT2D eigenvalue weighted by atomic mass is 10.1. The Balaban J connectivity index is 1.33. The summed E-state index contributed by atoms with van der Waals surface area (Å²) in [5.74, 6) is 0.414. The van der Waals surface area contributed by atoms with Gasteiger partial charge in [-0.3, -0.25) is 19.8 Å². The molecule has 1 saturated heterocycles. The minimum absolute atomic E-state index is 0.449. The summed E-state index contributed by atoms with van der Waals surface area (Å²) < 4.78 is 5.53. The van der Waals surface area contributed by atoms with Gasteiger partial charge in [-0.25, -0.2) is 5.48 Å². The fourth-order valence-corrected chi connectivity index (χ4v) is 4.03. The highest BCUT2D eigenvalue weighted by Gasteiger charge is 2.23. The molecule has 1 aromatic heterocycles. The average molecular weight is 405 g/mol. The average Bonchev–Trinajstić information content (AvgIpc) is 3.31. The Labute approximate surface area is 176 Å². The Kier molecular flexibility index (Phi) is 6.28. The predicted octanol–water partition coefficient (Wildman–Crippen LogP) is 3.77. The highest BCUT2D eigenvalue weighted by Crippen LogP contribution is 2.23. The molecule has 0 bridgehead atoms. The molecule has 1 fully saturated rings. The first-order valence-corrected chi connectivity index (χ1v) is 10.2. The van der Waals surface area contributed by atoms with Crippen LogP contribution in [0.15, 0.2) is 71.3 Å². The summed E-state index contributed by atoms with van der Waals surface area (Å²) in [4.78, 5) is 16.4. The van der Waals surface area contributed by atoms with Crippen LogP contribution in [0.25, 0.3) is 11.3 Å². The number of carbonyl (C=O) groups is 1. The minimum Gasteiger partial charge on any atom is -0.464 e. The second-order valence-corrected chi connectivity index (χ2v) is 7.87. The summed E-state index contributed by atoms with van der Waals surface area (Å²) in [7, 11) is 0. The van der Waals surface area contributed by atoms with Crippen molar-refractivity contribution in [2.75, 3.05) is 19.6 Å². The molecular weight excluding hydrogens is 378 g/mol. The van der Waals surface area contributed by atoms with E-state index in [-0.39, 0.29) is 0 Å². The second-order valence-electron chi connectivity index (χ2n) is 7.87. The van der Waals surface area contributed by atoms with Gasteiger partial charge in [0.25, 0.3) is 5.91 Å². The van der Waals surface area contributed by atoms with Crippen LogP contribution in [0.2, 0.25) is 0 Å². The Hall–Kier alpha value is -2.93. The van der Waals surface area contributed by atoms with E-state index in [1.165, 1.54) is 5.56 Å². The van der Waals surface area contributed by atoms with Gasteiger partial charge in [-0.2, -0.15) is 0 Å². The Morgan fingerprint density at radius 3 is 2.60 bits per heavy atom. The number of rotatable bonds is 6. The van der Waals surface area contributed by atoms with E-state index in [1.807, 2.05) is 24.3 Å². The van der Waals surface area contributed by atoms with Crippen LogP contribution in [-0.4, -0.2) is 46.6 Å². The molecule has 4 rings (SSSR count). The van der Waals surface area contributed by atoms with Gasteiger partial charge in [0, 0.05) is 49.9 Å². The van der Waals surface area contributed by atoms with E-state index in [0.717, 1.165) is 49.6 Å². The molecule has 1 aliphatic heterocycles. The molecule has 156 valence electrons. The number of amides is 1. The van der Waals surface area contributed by atoms with Gasteiger partial charge in [0.05, 0.1) is 6.26 Å². The van der Waals surface area contributed by atoms with Gasteiger partial charge in [-0.05, 0) is 48.4 Å². The second kappa shape index (κ2) is 9.26. The lowest BCUT2D eigenvalue weighted by Gasteiger charge is -2.40. The minimum atomic E-state index is -0.486. The van der Waals surface area contributed by atoms with E-state index in [0.29, 0.717) is 11.6 Å². The molecule has 0 unspecified atom stereocenters. The third-order valence-corrected chi connectivity index (χ3v) is 5.69. The smallest absolute Gasteiger partial charge is 0.274 e. The highest BCUT2D eigenvalue weighted by molar-refractivity contribution is 5.93. The van der Waals surface area contributed by atoms with Crippen LogP contribution in [0.4, 0.5) is 0 Å². The maximum absolute atomic E-state index is 11.4. The number of hydrogen-bond acceptors (Lipinski definition) is 5. The summed E-state index contributed by atoms with van der Waals surface area (Å²) in [6.45, 7) is 7.06. The third-order valence-electron chi connectivity index (χ3n) is 5.69. The number of hydrogen-bond donors (Lipinski definition) is 2. The maximum Gasteiger partial charge on any atom is 0.274 e. The maximum atomic E-state index is 11.4. The van der Waals surface area contributed by atoms with Crippen LogP contribution >= 0.6 is 0 Å². The Morgan fingerprint density at radius 1 is 1.07 bits per heavy atom. The molecule has 0 saturated carbocycles. The topological polar surface area (TPSA) is 69.0 Å². The van der Waals surface area contributed by atoms with Crippen molar-refractivity contribution in [1.29, 1.82) is 0 Å². The predicted molar refractivity (Wildman–Crippen MR) is 115 cm³/mol. The van der Waals surface area contributed by atoms with Crippen molar-refractivity contribution in [3.63, 3.8) is 0 Å². The molecule has 6 nitrogen and oxygen atoms in total. The van der Waals surface area contributed by atoms with E-state index in [2.05, 4.69) is 41.0 Å². The van der Waals surface area contributed by atoms with Crippen molar-refractivity contribution >= 4 is 5.91 Å². The van der Waals surface area contributed by atoms with E-state index >= 15 is 0 Å². The monoisotopic (exact) mass is 405 g/mol. The number of nitrogens with zero attached hydrogens (tertiary/aromatic N) is 2. The molecule has 3 aromatic rings. The van der Waals surface area contributed by atoms with Gasteiger partial charge >= 0.3 is 0 Å². The standard InChI is InChI=1S/C24H27N3O3/c1-18-15-26(16-19-7-9-21(10-8-19)24(28)25-29)11-12-27(18)17-20-4-2-5-22(14-20)23-6-3-13-30-23/h2-10,13-14,18,29H,11-12,15-17H2,1H3,(H,25,28)/t18-/m0/s1. The SMILES string of the molecule is C[C@H]1CN(Cc2ccc(C(=O)NO)cc2)CCN1Cc1cccc(-c2ccco2)c1. The Bertz CT molecular complexity index is 970. The zero-order valence-electron chi connectivity index (χ0n) is 17.1. The molecule has 30 heavy (non-hydrogen) atoms. The summed E-state index contributed by atoms with van der Waals surface area (Å²) in [6, 6.07) is 20.3. The molecule has 0 aliphatic carbocycles. The molecule has 2 N–H and O–H groups in total. The number of hydroxylamine groups is 1. The summed E-state index contributed by atoms with van der Waals surface area (Å²) in [5.41, 5.74) is 5.69.